The van der Waals surface area contributed by atoms with Gasteiger partial charge in [0, 0.05) is 28.6 Å². The molecule has 0 aliphatic heterocycles. The van der Waals surface area contributed by atoms with Crippen molar-refractivity contribution in [1.82, 2.24) is 10.6 Å². The van der Waals surface area contributed by atoms with Crippen molar-refractivity contribution >= 4 is 23.4 Å². The maximum absolute atomic E-state index is 13.3. The first-order valence-corrected chi connectivity index (χ1v) is 10.9. The quantitative estimate of drug-likeness (QED) is 0.572. The molecule has 164 valence electrons. The monoisotopic (exact) mass is 426 g/mol. The lowest BCUT2D eigenvalue weighted by Crippen LogP contribution is -2.40. The Hall–Kier alpha value is -1.62. The zero-order chi connectivity index (χ0) is 22.2. The molecule has 2 N–H and O–H groups in total. The maximum Gasteiger partial charge on any atom is 0.251 e. The SMILES string of the molecule is CCC(=O)NC(C)(C)C.CCCC1(CCC)C[C@@H]1NC(=O)c1cc(F)cc(Cl)c1. The molecule has 1 aromatic rings. The molecule has 2 rings (SSSR count). The number of hydrogen-bond acceptors (Lipinski definition) is 2. The third kappa shape index (κ3) is 8.73. The molecule has 1 aliphatic carbocycles. The molecule has 1 fully saturated rings. The lowest BCUT2D eigenvalue weighted by atomic mass is 9.94. The van der Waals surface area contributed by atoms with Crippen LogP contribution in [0.1, 0.15) is 90.4 Å². The Morgan fingerprint density at radius 3 is 2.14 bits per heavy atom. The highest BCUT2D eigenvalue weighted by molar-refractivity contribution is 6.31. The topological polar surface area (TPSA) is 58.2 Å². The highest BCUT2D eigenvalue weighted by Crippen LogP contribution is 2.53. The summed E-state index contributed by atoms with van der Waals surface area (Å²) in [6.45, 7) is 12.1. The molecule has 29 heavy (non-hydrogen) atoms. The summed E-state index contributed by atoms with van der Waals surface area (Å²) in [5, 5.41) is 6.10. The Morgan fingerprint density at radius 2 is 1.72 bits per heavy atom. The van der Waals surface area contributed by atoms with E-state index in [-0.39, 0.29) is 33.8 Å². The summed E-state index contributed by atoms with van der Waals surface area (Å²) in [6.07, 6.45) is 6.11. The zero-order valence-corrected chi connectivity index (χ0v) is 19.4. The largest absolute Gasteiger partial charge is 0.352 e. The minimum atomic E-state index is -0.480. The van der Waals surface area contributed by atoms with Crippen molar-refractivity contribution in [3.63, 3.8) is 0 Å². The summed E-state index contributed by atoms with van der Waals surface area (Å²) < 4.78 is 13.3. The summed E-state index contributed by atoms with van der Waals surface area (Å²) in [4.78, 5) is 22.9. The third-order valence-electron chi connectivity index (χ3n) is 4.95. The second kappa shape index (κ2) is 11.0. The molecule has 0 bridgehead atoms. The van der Waals surface area contributed by atoms with Crippen molar-refractivity contribution in [2.75, 3.05) is 0 Å². The standard InChI is InChI=1S/C16H21ClFNO.C7H15NO/c1-3-5-16(6-4-2)10-14(16)19-15(20)11-7-12(17)9-13(18)8-11;1-5-6(9)8-7(2,3)4/h7-9,14H,3-6,10H2,1-2H3,(H,19,20);5H2,1-4H3,(H,8,9)/t14-;/m0./s1. The van der Waals surface area contributed by atoms with Crippen LogP contribution in [0.4, 0.5) is 4.39 Å². The first-order chi connectivity index (χ1) is 13.5. The van der Waals surface area contributed by atoms with E-state index in [0.29, 0.717) is 12.0 Å². The molecule has 0 aromatic heterocycles. The van der Waals surface area contributed by atoms with Gasteiger partial charge in [0.05, 0.1) is 0 Å². The molecular formula is C23H36ClFN2O2. The lowest BCUT2D eigenvalue weighted by molar-refractivity contribution is -0.122. The fraction of sp³-hybridized carbons (Fsp3) is 0.652. The Bertz CT molecular complexity index is 674. The second-order valence-corrected chi connectivity index (χ2v) is 9.34. The van der Waals surface area contributed by atoms with Gasteiger partial charge in [0.25, 0.3) is 5.91 Å². The van der Waals surface area contributed by atoms with E-state index in [1.54, 1.807) is 0 Å². The van der Waals surface area contributed by atoms with Crippen LogP contribution in [0, 0.1) is 11.2 Å². The Morgan fingerprint density at radius 1 is 1.14 bits per heavy atom. The second-order valence-electron chi connectivity index (χ2n) is 8.90. The van der Waals surface area contributed by atoms with Crippen LogP contribution in [-0.4, -0.2) is 23.4 Å². The third-order valence-corrected chi connectivity index (χ3v) is 5.17. The number of carbonyl (C=O) groups is 2. The van der Waals surface area contributed by atoms with Gasteiger partial charge in [0.15, 0.2) is 0 Å². The van der Waals surface area contributed by atoms with Gasteiger partial charge in [-0.15, -0.1) is 0 Å². The van der Waals surface area contributed by atoms with Crippen LogP contribution in [0.5, 0.6) is 0 Å². The summed E-state index contributed by atoms with van der Waals surface area (Å²) in [5.41, 5.74) is 0.479. The van der Waals surface area contributed by atoms with E-state index in [4.69, 9.17) is 11.6 Å². The molecule has 0 saturated heterocycles. The average molecular weight is 427 g/mol. The van der Waals surface area contributed by atoms with Gasteiger partial charge in [-0.1, -0.05) is 45.2 Å². The predicted molar refractivity (Wildman–Crippen MR) is 118 cm³/mol. The summed E-state index contributed by atoms with van der Waals surface area (Å²) in [6, 6.07) is 4.15. The molecule has 6 heteroatoms. The molecule has 0 heterocycles. The van der Waals surface area contributed by atoms with Crippen molar-refractivity contribution in [3.8, 4) is 0 Å². The first-order valence-electron chi connectivity index (χ1n) is 10.5. The average Bonchev–Trinajstić information content (AvgIpc) is 3.25. The molecule has 1 aliphatic rings. The minimum Gasteiger partial charge on any atom is -0.352 e. The van der Waals surface area contributed by atoms with Gasteiger partial charge >= 0.3 is 0 Å². The Kier molecular flexibility index (Phi) is 9.60. The lowest BCUT2D eigenvalue weighted by Gasteiger charge is -2.19. The van der Waals surface area contributed by atoms with Crippen LogP contribution in [0.2, 0.25) is 5.02 Å². The number of benzene rings is 1. The maximum atomic E-state index is 13.3. The summed E-state index contributed by atoms with van der Waals surface area (Å²) >= 11 is 5.78. The molecule has 0 unspecified atom stereocenters. The molecule has 1 saturated carbocycles. The van der Waals surface area contributed by atoms with Gasteiger partial charge < -0.3 is 10.6 Å². The van der Waals surface area contributed by atoms with E-state index in [9.17, 15) is 14.0 Å². The molecule has 2 amide bonds. The van der Waals surface area contributed by atoms with Crippen LogP contribution < -0.4 is 10.6 Å². The molecule has 0 radical (unpaired) electrons. The zero-order valence-electron chi connectivity index (χ0n) is 18.6. The molecule has 4 nitrogen and oxygen atoms in total. The van der Waals surface area contributed by atoms with E-state index in [1.165, 1.54) is 18.2 Å². The van der Waals surface area contributed by atoms with Gasteiger partial charge in [0.1, 0.15) is 5.82 Å². The van der Waals surface area contributed by atoms with Crippen LogP contribution in [0.15, 0.2) is 18.2 Å². The number of nitrogens with one attached hydrogen (secondary N) is 2. The Balaban J connectivity index is 0.000000396. The van der Waals surface area contributed by atoms with Crippen molar-refractivity contribution in [3.05, 3.63) is 34.6 Å². The van der Waals surface area contributed by atoms with Crippen LogP contribution in [0.25, 0.3) is 0 Å². The van der Waals surface area contributed by atoms with E-state index >= 15 is 0 Å². The van der Waals surface area contributed by atoms with Crippen molar-refractivity contribution in [2.45, 2.75) is 91.6 Å². The number of amides is 2. The fourth-order valence-electron chi connectivity index (χ4n) is 3.66. The van der Waals surface area contributed by atoms with Crippen molar-refractivity contribution in [2.24, 2.45) is 5.41 Å². The number of carbonyl (C=O) groups excluding carboxylic acids is 2. The van der Waals surface area contributed by atoms with Gasteiger partial charge in [-0.3, -0.25) is 9.59 Å². The fourth-order valence-corrected chi connectivity index (χ4v) is 3.88. The van der Waals surface area contributed by atoms with Gasteiger partial charge in [0.2, 0.25) is 5.91 Å². The van der Waals surface area contributed by atoms with Gasteiger partial charge in [-0.2, -0.15) is 0 Å². The smallest absolute Gasteiger partial charge is 0.251 e. The molecular weight excluding hydrogens is 391 g/mol. The minimum absolute atomic E-state index is 0.0763. The normalized spacial score (nSPS) is 17.0. The van der Waals surface area contributed by atoms with Crippen molar-refractivity contribution < 1.29 is 14.0 Å². The Labute approximate surface area is 180 Å². The van der Waals surface area contributed by atoms with Crippen LogP contribution >= 0.6 is 11.6 Å². The molecule has 1 aromatic carbocycles. The highest BCUT2D eigenvalue weighted by atomic mass is 35.5. The number of hydrogen-bond donors (Lipinski definition) is 2. The van der Waals surface area contributed by atoms with Crippen LogP contribution in [-0.2, 0) is 4.79 Å². The molecule has 1 atom stereocenters. The summed E-state index contributed by atoms with van der Waals surface area (Å²) in [5.74, 6) is -0.597. The van der Waals surface area contributed by atoms with E-state index in [1.807, 2.05) is 27.7 Å². The van der Waals surface area contributed by atoms with E-state index in [0.717, 1.165) is 32.1 Å². The predicted octanol–water partition coefficient (Wildman–Crippen LogP) is 5.88. The molecule has 0 spiro atoms. The van der Waals surface area contributed by atoms with Crippen molar-refractivity contribution in [1.29, 1.82) is 0 Å². The first kappa shape index (κ1) is 25.4. The van der Waals surface area contributed by atoms with E-state index in [2.05, 4.69) is 24.5 Å². The van der Waals surface area contributed by atoms with Gasteiger partial charge in [-0.05, 0) is 63.6 Å². The highest BCUT2D eigenvalue weighted by Gasteiger charge is 2.52. The van der Waals surface area contributed by atoms with Crippen LogP contribution in [0.3, 0.4) is 0 Å². The summed E-state index contributed by atoms with van der Waals surface area (Å²) in [7, 11) is 0. The van der Waals surface area contributed by atoms with Gasteiger partial charge in [-0.25, -0.2) is 4.39 Å². The number of halogens is 2. The number of rotatable bonds is 7. The van der Waals surface area contributed by atoms with E-state index < -0.39 is 5.82 Å².